The van der Waals surface area contributed by atoms with E-state index in [1.165, 1.54) is 12.1 Å². The van der Waals surface area contributed by atoms with E-state index >= 15 is 0 Å². The van der Waals surface area contributed by atoms with Gasteiger partial charge in [0.25, 0.3) is 0 Å². The number of anilines is 3. The molecule has 2 aromatic rings. The topological polar surface area (TPSA) is 49.8 Å². The Morgan fingerprint density at radius 1 is 1.00 bits per heavy atom. The minimum atomic E-state index is -0.636. The first-order chi connectivity index (χ1) is 9.49. The average molecular weight is 278 g/mol. The molecule has 1 heterocycles. The number of aromatic nitrogens is 2. The minimum Gasteiger partial charge on any atom is -0.370 e. The molecule has 0 amide bonds. The van der Waals surface area contributed by atoms with Crippen LogP contribution >= 0.6 is 0 Å². The number of rotatable bonds is 4. The monoisotopic (exact) mass is 278 g/mol. The highest BCUT2D eigenvalue weighted by Crippen LogP contribution is 2.24. The fourth-order valence-corrected chi connectivity index (χ4v) is 1.85. The molecule has 0 bridgehead atoms. The molecule has 2 N–H and O–H groups in total. The molecule has 6 heteroatoms. The molecule has 0 saturated heterocycles. The highest BCUT2D eigenvalue weighted by molar-refractivity contribution is 5.64. The van der Waals surface area contributed by atoms with Gasteiger partial charge in [-0.2, -0.15) is 0 Å². The normalized spacial score (nSPS) is 10.4. The summed E-state index contributed by atoms with van der Waals surface area (Å²) in [6.07, 6.45) is 0. The summed E-state index contributed by atoms with van der Waals surface area (Å²) in [5, 5.41) is 6.05. The summed E-state index contributed by atoms with van der Waals surface area (Å²) in [6, 6.07) is 3.26. The lowest BCUT2D eigenvalue weighted by Gasteiger charge is -2.13. The minimum absolute atomic E-state index is 0.311. The maximum atomic E-state index is 13.2. The second kappa shape index (κ2) is 5.81. The third-order valence-electron chi connectivity index (χ3n) is 2.73. The van der Waals surface area contributed by atoms with Crippen LogP contribution in [0.3, 0.4) is 0 Å². The molecule has 4 nitrogen and oxygen atoms in total. The summed E-state index contributed by atoms with van der Waals surface area (Å²) in [5.41, 5.74) is 1.10. The quantitative estimate of drug-likeness (QED) is 0.898. The first-order valence-electron chi connectivity index (χ1n) is 6.32. The third-order valence-corrected chi connectivity index (χ3v) is 2.73. The predicted octanol–water partition coefficient (Wildman–Crippen LogP) is 3.55. The van der Waals surface area contributed by atoms with Crippen LogP contribution in [0.5, 0.6) is 0 Å². The van der Waals surface area contributed by atoms with Gasteiger partial charge in [0.15, 0.2) is 0 Å². The fourth-order valence-electron chi connectivity index (χ4n) is 1.85. The van der Waals surface area contributed by atoms with Crippen LogP contribution in [-0.4, -0.2) is 16.5 Å². The van der Waals surface area contributed by atoms with Gasteiger partial charge in [-0.3, -0.25) is 0 Å². The Labute approximate surface area is 116 Å². The molecule has 20 heavy (non-hydrogen) atoms. The number of nitrogens with one attached hydrogen (secondary N) is 2. The van der Waals surface area contributed by atoms with Gasteiger partial charge in [0, 0.05) is 23.9 Å². The van der Waals surface area contributed by atoms with Crippen molar-refractivity contribution in [2.24, 2.45) is 0 Å². The van der Waals surface area contributed by atoms with Gasteiger partial charge >= 0.3 is 0 Å². The van der Waals surface area contributed by atoms with Crippen molar-refractivity contribution in [3.8, 4) is 0 Å². The number of nitrogens with zero attached hydrogens (tertiary/aromatic N) is 2. The number of aryl methyl sites for hydroxylation is 1. The second-order valence-corrected chi connectivity index (χ2v) is 4.41. The molecule has 0 spiro atoms. The van der Waals surface area contributed by atoms with Crippen LogP contribution in [0.15, 0.2) is 18.2 Å². The first kappa shape index (κ1) is 14.2. The maximum absolute atomic E-state index is 13.2. The van der Waals surface area contributed by atoms with Crippen LogP contribution in [0.25, 0.3) is 0 Å². The van der Waals surface area contributed by atoms with E-state index in [0.717, 1.165) is 18.2 Å². The lowest BCUT2D eigenvalue weighted by molar-refractivity contribution is 0.584. The summed E-state index contributed by atoms with van der Waals surface area (Å²) >= 11 is 0. The van der Waals surface area contributed by atoms with Gasteiger partial charge in [-0.15, -0.1) is 0 Å². The molecule has 0 aliphatic rings. The summed E-state index contributed by atoms with van der Waals surface area (Å²) < 4.78 is 26.4. The molecule has 1 aromatic carbocycles. The highest BCUT2D eigenvalue weighted by Gasteiger charge is 2.10. The molecular formula is C14H16F2N4. The lowest BCUT2D eigenvalue weighted by Crippen LogP contribution is -2.07. The Balaban J connectivity index is 2.37. The molecule has 0 aliphatic heterocycles. The van der Waals surface area contributed by atoms with E-state index in [2.05, 4.69) is 20.6 Å². The Bertz CT molecular complexity index is 609. The van der Waals surface area contributed by atoms with Crippen LogP contribution < -0.4 is 10.6 Å². The predicted molar refractivity (Wildman–Crippen MR) is 75.3 cm³/mol. The summed E-state index contributed by atoms with van der Waals surface area (Å²) in [4.78, 5) is 8.55. The summed E-state index contributed by atoms with van der Waals surface area (Å²) in [6.45, 7) is 6.30. The number of hydrogen-bond donors (Lipinski definition) is 2. The Morgan fingerprint density at radius 2 is 1.60 bits per heavy atom. The van der Waals surface area contributed by atoms with Gasteiger partial charge < -0.3 is 10.6 Å². The van der Waals surface area contributed by atoms with E-state index in [9.17, 15) is 8.78 Å². The zero-order valence-corrected chi connectivity index (χ0v) is 11.6. The van der Waals surface area contributed by atoms with Gasteiger partial charge in [0.1, 0.15) is 29.1 Å². The maximum Gasteiger partial charge on any atom is 0.139 e. The molecule has 0 saturated carbocycles. The van der Waals surface area contributed by atoms with Gasteiger partial charge in [-0.25, -0.2) is 18.7 Å². The van der Waals surface area contributed by atoms with Gasteiger partial charge in [0.05, 0.1) is 0 Å². The van der Waals surface area contributed by atoms with Crippen molar-refractivity contribution in [1.82, 2.24) is 9.97 Å². The molecule has 0 atom stereocenters. The molecule has 0 unspecified atom stereocenters. The second-order valence-electron chi connectivity index (χ2n) is 4.41. The Morgan fingerprint density at radius 3 is 2.20 bits per heavy atom. The Kier molecular flexibility index (Phi) is 4.12. The van der Waals surface area contributed by atoms with Crippen LogP contribution in [0.2, 0.25) is 0 Å². The lowest BCUT2D eigenvalue weighted by atomic mass is 10.2. The van der Waals surface area contributed by atoms with Crippen molar-refractivity contribution in [2.45, 2.75) is 20.8 Å². The van der Waals surface area contributed by atoms with E-state index in [0.29, 0.717) is 23.1 Å². The first-order valence-corrected chi connectivity index (χ1v) is 6.32. The largest absolute Gasteiger partial charge is 0.370 e. The van der Waals surface area contributed by atoms with Crippen molar-refractivity contribution in [3.63, 3.8) is 0 Å². The van der Waals surface area contributed by atoms with E-state index in [1.807, 2.05) is 13.8 Å². The van der Waals surface area contributed by atoms with E-state index in [4.69, 9.17) is 0 Å². The van der Waals surface area contributed by atoms with Crippen LogP contribution in [0.1, 0.15) is 18.3 Å². The SMILES string of the molecule is CCNc1nc(C)nc(Nc2cc(F)cc(F)c2)c1C. The zero-order valence-electron chi connectivity index (χ0n) is 11.6. The molecule has 0 aliphatic carbocycles. The summed E-state index contributed by atoms with van der Waals surface area (Å²) in [5.74, 6) is 0.537. The molecule has 2 rings (SSSR count). The van der Waals surface area contributed by atoms with Crippen molar-refractivity contribution in [3.05, 3.63) is 41.2 Å². The van der Waals surface area contributed by atoms with E-state index in [-0.39, 0.29) is 0 Å². The van der Waals surface area contributed by atoms with Crippen LogP contribution in [0, 0.1) is 25.5 Å². The number of hydrogen-bond acceptors (Lipinski definition) is 4. The van der Waals surface area contributed by atoms with Gasteiger partial charge in [0.2, 0.25) is 0 Å². The van der Waals surface area contributed by atoms with Crippen molar-refractivity contribution >= 4 is 17.3 Å². The van der Waals surface area contributed by atoms with Gasteiger partial charge in [-0.1, -0.05) is 0 Å². The number of benzene rings is 1. The Hall–Kier alpha value is -2.24. The molecular weight excluding hydrogens is 262 g/mol. The molecule has 1 aromatic heterocycles. The van der Waals surface area contributed by atoms with E-state index < -0.39 is 11.6 Å². The molecule has 106 valence electrons. The van der Waals surface area contributed by atoms with Gasteiger partial charge in [-0.05, 0) is 32.9 Å². The molecule has 0 radical (unpaired) electrons. The van der Waals surface area contributed by atoms with Crippen molar-refractivity contribution < 1.29 is 8.78 Å². The van der Waals surface area contributed by atoms with Crippen LogP contribution in [-0.2, 0) is 0 Å². The van der Waals surface area contributed by atoms with Crippen molar-refractivity contribution in [2.75, 3.05) is 17.2 Å². The standard InChI is InChI=1S/C14H16F2N4/c1-4-17-13-8(2)14(19-9(3)18-13)20-12-6-10(15)5-11(16)7-12/h5-7H,4H2,1-3H3,(H2,17,18,19,20). The zero-order chi connectivity index (χ0) is 14.7. The van der Waals surface area contributed by atoms with Crippen molar-refractivity contribution in [1.29, 1.82) is 0 Å². The smallest absolute Gasteiger partial charge is 0.139 e. The highest BCUT2D eigenvalue weighted by atomic mass is 19.1. The van der Waals surface area contributed by atoms with Crippen LogP contribution in [0.4, 0.5) is 26.1 Å². The molecule has 0 fully saturated rings. The average Bonchev–Trinajstić information content (AvgIpc) is 2.34. The summed E-state index contributed by atoms with van der Waals surface area (Å²) in [7, 11) is 0. The fraction of sp³-hybridized carbons (Fsp3) is 0.286. The van der Waals surface area contributed by atoms with E-state index in [1.54, 1.807) is 6.92 Å². The number of halogens is 2. The third kappa shape index (κ3) is 3.20.